The Morgan fingerprint density at radius 1 is 0.208 bits per heavy atom. The van der Waals surface area contributed by atoms with Crippen molar-refractivity contribution in [3.05, 3.63) is 0 Å². The van der Waals surface area contributed by atoms with Crippen LogP contribution in [0.1, 0.15) is 329 Å². The van der Waals surface area contributed by atoms with Crippen molar-refractivity contribution in [1.29, 1.82) is 0 Å². The number of hydrogen-bond acceptors (Lipinski definition) is 6. The van der Waals surface area contributed by atoms with Crippen molar-refractivity contribution in [3.8, 4) is 0 Å². The molecule has 1 aliphatic rings. The van der Waals surface area contributed by atoms with Crippen LogP contribution in [-0.4, -0.2) is 46.9 Å². The molecule has 6 nitrogen and oxygen atoms in total. The maximum Gasteiger partial charge on any atom is 0.604 e. The van der Waals surface area contributed by atoms with Crippen LogP contribution in [0.2, 0.25) is 57.4 Å². The van der Waals surface area contributed by atoms with Crippen LogP contribution in [0.5, 0.6) is 0 Å². The monoisotopic (exact) mass is 1060 g/mol. The molecule has 0 N–H and O–H groups in total. The molecule has 426 valence electrons. The molecule has 1 heterocycles. The summed E-state index contributed by atoms with van der Waals surface area (Å²) >= 11 is 0. The minimum atomic E-state index is -2.08. The summed E-state index contributed by atoms with van der Waals surface area (Å²) in [7, 11) is -8.71. The van der Waals surface area contributed by atoms with Gasteiger partial charge in [-0.25, -0.2) is 0 Å². The zero-order valence-corrected chi connectivity index (χ0v) is 53.7. The Kier molecular flexibility index (Phi) is 48.9. The van der Waals surface area contributed by atoms with E-state index in [4.69, 9.17) is 26.7 Å². The molecular formula is C60H129B3O6Si3. The first kappa shape index (κ1) is 70.6. The summed E-state index contributed by atoms with van der Waals surface area (Å²) in [4.78, 5) is 0. The second-order valence-corrected chi connectivity index (χ2v) is 37.8. The van der Waals surface area contributed by atoms with Crippen molar-refractivity contribution >= 4 is 46.9 Å². The highest BCUT2D eigenvalue weighted by atomic mass is 28.4. The lowest BCUT2D eigenvalue weighted by atomic mass is 9.98. The van der Waals surface area contributed by atoms with Crippen LogP contribution in [0.4, 0.5) is 0 Å². The third kappa shape index (κ3) is 47.8. The molecule has 12 heteroatoms. The summed E-state index contributed by atoms with van der Waals surface area (Å²) < 4.78 is 39.4. The third-order valence-electron chi connectivity index (χ3n) is 15.8. The van der Waals surface area contributed by atoms with E-state index >= 15 is 0 Å². The molecule has 0 atom stereocenters. The zero-order chi connectivity index (χ0) is 52.5. The molecule has 0 amide bonds. The zero-order valence-electron chi connectivity index (χ0n) is 50.7. The molecule has 0 aromatic heterocycles. The molecular weight excluding hydrogens is 933 g/mol. The SMILES string of the molecule is CCCCCCCCCCCCCCCCCC[Si](C)(C)OB1OB(O[Si](C)(C)CCCCCCCCCCCCCCCCCC)OB(O[Si](C)(C)CCCCCCCCCCCCCCCCCC)O1. The van der Waals surface area contributed by atoms with Gasteiger partial charge in [-0.1, -0.05) is 329 Å². The van der Waals surface area contributed by atoms with E-state index in [0.29, 0.717) is 0 Å². The third-order valence-corrected chi connectivity index (χ3v) is 23.0. The van der Waals surface area contributed by atoms with E-state index < -0.39 is 46.9 Å². The van der Waals surface area contributed by atoms with E-state index in [1.54, 1.807) is 0 Å². The van der Waals surface area contributed by atoms with Crippen LogP contribution in [0.25, 0.3) is 0 Å². The smallest absolute Gasteiger partial charge is 0.430 e. The molecule has 0 spiro atoms. The van der Waals surface area contributed by atoms with Gasteiger partial charge in [0.2, 0.25) is 0 Å². The first-order valence-electron chi connectivity index (χ1n) is 32.9. The first-order valence-corrected chi connectivity index (χ1v) is 42.3. The molecule has 0 unspecified atom stereocenters. The van der Waals surface area contributed by atoms with E-state index in [-0.39, 0.29) is 0 Å². The molecule has 72 heavy (non-hydrogen) atoms. The fraction of sp³-hybridized carbons (Fsp3) is 1.00. The standard InChI is InChI=1S/C60H129B3O6Si3/c1-10-13-16-19-22-25-28-31-34-37-40-43-46-49-52-55-58-70(4,5)67-61-64-62(68-71(6,7)59-56-53-50-47-44-41-38-35-32-29-26-23-20-17-14-11-2)66-63(65-61)69-72(8,9)60-57-54-51-48-45-42-39-36-33-30-27-24-21-18-15-12-3/h10-60H2,1-9H3. The van der Waals surface area contributed by atoms with E-state index in [1.807, 2.05) is 0 Å². The minimum absolute atomic E-state index is 0.822. The van der Waals surface area contributed by atoms with Crippen LogP contribution in [0, 0.1) is 0 Å². The Bertz CT molecular complexity index is 988. The lowest BCUT2D eigenvalue weighted by molar-refractivity contribution is 0.141. The van der Waals surface area contributed by atoms with Gasteiger partial charge >= 0.3 is 22.0 Å². The van der Waals surface area contributed by atoms with Crippen LogP contribution < -0.4 is 0 Å². The summed E-state index contributed by atoms with van der Waals surface area (Å²) in [6, 6.07) is 3.31. The molecule has 0 aromatic rings. The van der Waals surface area contributed by atoms with Crippen LogP contribution in [-0.2, 0) is 26.7 Å². The number of unbranched alkanes of at least 4 members (excludes halogenated alkanes) is 45. The predicted molar refractivity (Wildman–Crippen MR) is 329 cm³/mol. The highest BCUT2D eigenvalue weighted by Gasteiger charge is 2.51. The molecule has 1 rings (SSSR count). The van der Waals surface area contributed by atoms with Crippen LogP contribution >= 0.6 is 0 Å². The molecule has 0 radical (unpaired) electrons. The lowest BCUT2D eigenvalue weighted by Crippen LogP contribution is -2.59. The Balaban J connectivity index is 2.49. The molecule has 1 saturated heterocycles. The van der Waals surface area contributed by atoms with E-state index in [0.717, 1.165) is 18.1 Å². The summed E-state index contributed by atoms with van der Waals surface area (Å²) in [5.41, 5.74) is 0. The van der Waals surface area contributed by atoms with Crippen molar-refractivity contribution in [1.82, 2.24) is 0 Å². The van der Waals surface area contributed by atoms with Crippen LogP contribution in [0.15, 0.2) is 0 Å². The van der Waals surface area contributed by atoms with E-state index in [9.17, 15) is 0 Å². The summed E-state index contributed by atoms with van der Waals surface area (Å²) in [6.45, 7) is 20.8. The van der Waals surface area contributed by atoms with Crippen molar-refractivity contribution in [3.63, 3.8) is 0 Å². The molecule has 0 saturated carbocycles. The summed E-state index contributed by atoms with van der Waals surface area (Å²) in [5.74, 6) is 0. The van der Waals surface area contributed by atoms with Gasteiger partial charge in [-0.3, -0.25) is 0 Å². The maximum absolute atomic E-state index is 6.77. The Morgan fingerprint density at radius 2 is 0.333 bits per heavy atom. The number of rotatable bonds is 57. The highest BCUT2D eigenvalue weighted by Crippen LogP contribution is 2.28. The fourth-order valence-corrected chi connectivity index (χ4v) is 16.3. The molecule has 0 aromatic carbocycles. The normalized spacial score (nSPS) is 13.9. The lowest BCUT2D eigenvalue weighted by Gasteiger charge is -2.37. The van der Waals surface area contributed by atoms with Gasteiger partial charge in [0.05, 0.1) is 0 Å². The molecule has 0 aliphatic carbocycles. The van der Waals surface area contributed by atoms with Gasteiger partial charge in [-0.15, -0.1) is 0 Å². The van der Waals surface area contributed by atoms with Crippen molar-refractivity contribution in [2.24, 2.45) is 0 Å². The van der Waals surface area contributed by atoms with Gasteiger partial charge in [0, 0.05) is 0 Å². The van der Waals surface area contributed by atoms with E-state index in [2.05, 4.69) is 60.1 Å². The van der Waals surface area contributed by atoms with Crippen molar-refractivity contribution < 1.29 is 26.7 Å². The second-order valence-electron chi connectivity index (χ2n) is 25.1. The first-order chi connectivity index (χ1) is 34.9. The Morgan fingerprint density at radius 3 is 0.472 bits per heavy atom. The number of hydrogen-bond donors (Lipinski definition) is 0. The molecule has 1 fully saturated rings. The molecule has 1 aliphatic heterocycles. The topological polar surface area (TPSA) is 55.4 Å². The average Bonchev–Trinajstić information content (AvgIpc) is 3.33. The van der Waals surface area contributed by atoms with Crippen molar-refractivity contribution in [2.45, 2.75) is 386 Å². The second kappa shape index (κ2) is 49.9. The predicted octanol–water partition coefficient (Wildman–Crippen LogP) is 22.5. The average molecular weight is 1060 g/mol. The summed E-state index contributed by atoms with van der Waals surface area (Å²) in [5, 5.41) is 0. The van der Waals surface area contributed by atoms with Gasteiger partial charge in [-0.2, -0.15) is 0 Å². The van der Waals surface area contributed by atoms with Gasteiger partial charge < -0.3 is 26.7 Å². The van der Waals surface area contributed by atoms with Gasteiger partial charge in [0.15, 0.2) is 25.0 Å². The van der Waals surface area contributed by atoms with Crippen molar-refractivity contribution in [2.75, 3.05) is 0 Å². The van der Waals surface area contributed by atoms with Gasteiger partial charge in [-0.05, 0) is 57.4 Å². The fourth-order valence-electron chi connectivity index (χ4n) is 10.8. The van der Waals surface area contributed by atoms with Gasteiger partial charge in [0.25, 0.3) is 0 Å². The minimum Gasteiger partial charge on any atom is -0.430 e. The van der Waals surface area contributed by atoms with Gasteiger partial charge in [0.1, 0.15) is 0 Å². The van der Waals surface area contributed by atoms with E-state index in [1.165, 1.54) is 308 Å². The summed E-state index contributed by atoms with van der Waals surface area (Å²) in [6.07, 6.45) is 66.7. The Hall–Kier alpha value is 0.605. The molecule has 0 bridgehead atoms. The Labute approximate surface area is 457 Å². The maximum atomic E-state index is 6.77. The quantitative estimate of drug-likeness (QED) is 0.0447. The highest BCUT2D eigenvalue weighted by molar-refractivity contribution is 6.84. The largest absolute Gasteiger partial charge is 0.604 e. The van der Waals surface area contributed by atoms with Crippen LogP contribution in [0.3, 0.4) is 0 Å².